The van der Waals surface area contributed by atoms with Crippen LogP contribution in [0.5, 0.6) is 0 Å². The number of hydrogen-bond acceptors (Lipinski definition) is 2. The second-order valence-electron chi connectivity index (χ2n) is 4.05. The lowest BCUT2D eigenvalue weighted by Crippen LogP contribution is -2.60. The summed E-state index contributed by atoms with van der Waals surface area (Å²) < 4.78 is 0. The van der Waals surface area contributed by atoms with E-state index >= 15 is 0 Å². The van der Waals surface area contributed by atoms with Crippen LogP contribution in [0.2, 0.25) is 0 Å². The molecule has 0 unspecified atom stereocenters. The summed E-state index contributed by atoms with van der Waals surface area (Å²) in [6.07, 6.45) is 3.44. The maximum absolute atomic E-state index is 11.0. The lowest BCUT2D eigenvalue weighted by atomic mass is 9.80. The minimum atomic E-state index is 0.130. The summed E-state index contributed by atoms with van der Waals surface area (Å²) in [5.74, 6) is 0.130. The minimum absolute atomic E-state index is 0.130. The molecule has 0 aromatic carbocycles. The van der Waals surface area contributed by atoms with Gasteiger partial charge in [0.05, 0.1) is 0 Å². The molecular formula is C9H16N2O. The normalized spacial score (nSPS) is 39.6. The Morgan fingerprint density at radius 2 is 1.75 bits per heavy atom. The van der Waals surface area contributed by atoms with Gasteiger partial charge in [0.15, 0.2) is 0 Å². The number of fused-ring (bicyclic) bond motifs is 3. The Kier molecular flexibility index (Phi) is 1.83. The first-order valence-corrected chi connectivity index (χ1v) is 4.71. The lowest BCUT2D eigenvalue weighted by Gasteiger charge is -2.48. The summed E-state index contributed by atoms with van der Waals surface area (Å²) in [6, 6.07) is 0. The van der Waals surface area contributed by atoms with Crippen molar-refractivity contribution < 1.29 is 4.79 Å². The summed E-state index contributed by atoms with van der Waals surface area (Å²) >= 11 is 0. The molecular weight excluding hydrogens is 152 g/mol. The van der Waals surface area contributed by atoms with E-state index in [1.54, 1.807) is 6.92 Å². The van der Waals surface area contributed by atoms with E-state index in [0.29, 0.717) is 0 Å². The molecule has 3 heterocycles. The van der Waals surface area contributed by atoms with Crippen LogP contribution < -0.4 is 5.32 Å². The van der Waals surface area contributed by atoms with E-state index in [-0.39, 0.29) is 11.4 Å². The second kappa shape index (κ2) is 2.73. The van der Waals surface area contributed by atoms with Crippen LogP contribution in [0.3, 0.4) is 0 Å². The number of piperidine rings is 3. The molecule has 3 fully saturated rings. The zero-order valence-corrected chi connectivity index (χ0v) is 7.60. The number of carbonyl (C=O) groups is 1. The number of hydrogen-bond donors (Lipinski definition) is 1. The van der Waals surface area contributed by atoms with Crippen molar-refractivity contribution in [3.8, 4) is 0 Å². The first-order chi connectivity index (χ1) is 5.70. The molecule has 3 aliphatic rings. The van der Waals surface area contributed by atoms with Crippen LogP contribution in [-0.2, 0) is 4.79 Å². The molecule has 0 atom stereocenters. The minimum Gasteiger partial charge on any atom is -0.351 e. The van der Waals surface area contributed by atoms with Crippen LogP contribution >= 0.6 is 0 Å². The third-order valence-electron chi connectivity index (χ3n) is 3.16. The van der Waals surface area contributed by atoms with Gasteiger partial charge in [0.25, 0.3) is 0 Å². The van der Waals surface area contributed by atoms with E-state index in [1.807, 2.05) is 0 Å². The summed E-state index contributed by atoms with van der Waals surface area (Å²) in [6.45, 7) is 5.12. The number of rotatable bonds is 1. The molecule has 1 amide bonds. The van der Waals surface area contributed by atoms with Gasteiger partial charge in [0.1, 0.15) is 0 Å². The van der Waals surface area contributed by atoms with E-state index in [9.17, 15) is 4.79 Å². The van der Waals surface area contributed by atoms with E-state index in [2.05, 4.69) is 10.2 Å². The van der Waals surface area contributed by atoms with Crippen molar-refractivity contribution in [3.05, 3.63) is 0 Å². The van der Waals surface area contributed by atoms with Gasteiger partial charge in [0.2, 0.25) is 5.91 Å². The van der Waals surface area contributed by atoms with Crippen LogP contribution in [0.25, 0.3) is 0 Å². The van der Waals surface area contributed by atoms with Crippen LogP contribution in [0.4, 0.5) is 0 Å². The van der Waals surface area contributed by atoms with Crippen molar-refractivity contribution in [1.82, 2.24) is 10.2 Å². The SMILES string of the molecule is CC(=O)NC12CCN(CC1)CC2. The summed E-state index contributed by atoms with van der Waals surface area (Å²) in [5.41, 5.74) is 0.167. The predicted molar refractivity (Wildman–Crippen MR) is 46.8 cm³/mol. The van der Waals surface area contributed by atoms with Gasteiger partial charge in [-0.15, -0.1) is 0 Å². The fourth-order valence-corrected chi connectivity index (χ4v) is 2.39. The monoisotopic (exact) mass is 168 g/mol. The first kappa shape index (κ1) is 8.05. The van der Waals surface area contributed by atoms with Gasteiger partial charge in [-0.3, -0.25) is 4.79 Å². The molecule has 3 saturated heterocycles. The Hall–Kier alpha value is -0.570. The molecule has 3 heteroatoms. The number of nitrogens with one attached hydrogen (secondary N) is 1. The molecule has 1 N–H and O–H groups in total. The molecule has 0 radical (unpaired) electrons. The van der Waals surface area contributed by atoms with Crippen molar-refractivity contribution in [3.63, 3.8) is 0 Å². The largest absolute Gasteiger partial charge is 0.351 e. The Morgan fingerprint density at radius 1 is 1.25 bits per heavy atom. The lowest BCUT2D eigenvalue weighted by molar-refractivity contribution is -0.122. The molecule has 0 aliphatic carbocycles. The standard InChI is InChI=1S/C9H16N2O/c1-8(12)10-9-2-5-11(6-3-9)7-4-9/h2-7H2,1H3,(H,10,12). The van der Waals surface area contributed by atoms with Crippen LogP contribution in [0.1, 0.15) is 26.2 Å². The number of nitrogens with zero attached hydrogens (tertiary/aromatic N) is 1. The van der Waals surface area contributed by atoms with Crippen LogP contribution in [-0.4, -0.2) is 36.0 Å². The molecule has 0 saturated carbocycles. The van der Waals surface area contributed by atoms with Crippen molar-refractivity contribution in [2.75, 3.05) is 19.6 Å². The van der Waals surface area contributed by atoms with Crippen LogP contribution in [0, 0.1) is 0 Å². The third-order valence-corrected chi connectivity index (χ3v) is 3.16. The molecule has 3 aliphatic heterocycles. The molecule has 3 rings (SSSR count). The topological polar surface area (TPSA) is 32.3 Å². The zero-order chi connectivity index (χ0) is 8.60. The fraction of sp³-hybridized carbons (Fsp3) is 0.889. The number of carbonyl (C=O) groups excluding carboxylic acids is 1. The molecule has 68 valence electrons. The van der Waals surface area contributed by atoms with E-state index in [4.69, 9.17) is 0 Å². The van der Waals surface area contributed by atoms with E-state index in [0.717, 1.165) is 19.3 Å². The first-order valence-electron chi connectivity index (χ1n) is 4.71. The summed E-state index contributed by atoms with van der Waals surface area (Å²) in [4.78, 5) is 13.4. The average molecular weight is 168 g/mol. The van der Waals surface area contributed by atoms with Gasteiger partial charge in [-0.2, -0.15) is 0 Å². The highest BCUT2D eigenvalue weighted by Gasteiger charge is 2.39. The fourth-order valence-electron chi connectivity index (χ4n) is 2.39. The van der Waals surface area contributed by atoms with E-state index in [1.165, 1.54) is 19.6 Å². The van der Waals surface area contributed by atoms with Crippen molar-refractivity contribution in [1.29, 1.82) is 0 Å². The smallest absolute Gasteiger partial charge is 0.217 e. The Morgan fingerprint density at radius 3 is 2.17 bits per heavy atom. The number of amides is 1. The molecule has 2 bridgehead atoms. The molecule has 0 aromatic rings. The maximum atomic E-state index is 11.0. The second-order valence-corrected chi connectivity index (χ2v) is 4.05. The zero-order valence-electron chi connectivity index (χ0n) is 7.60. The van der Waals surface area contributed by atoms with Crippen molar-refractivity contribution in [2.24, 2.45) is 0 Å². The molecule has 12 heavy (non-hydrogen) atoms. The maximum Gasteiger partial charge on any atom is 0.217 e. The predicted octanol–water partition coefficient (Wildman–Crippen LogP) is 0.361. The van der Waals surface area contributed by atoms with Gasteiger partial charge in [-0.25, -0.2) is 0 Å². The van der Waals surface area contributed by atoms with Crippen LogP contribution in [0.15, 0.2) is 0 Å². The Labute approximate surface area is 73.1 Å². The van der Waals surface area contributed by atoms with Gasteiger partial charge >= 0.3 is 0 Å². The molecule has 0 spiro atoms. The average Bonchev–Trinajstić information content (AvgIpc) is 2.05. The van der Waals surface area contributed by atoms with E-state index < -0.39 is 0 Å². The highest BCUT2D eigenvalue weighted by Crippen LogP contribution is 2.31. The summed E-state index contributed by atoms with van der Waals surface area (Å²) in [7, 11) is 0. The quantitative estimate of drug-likeness (QED) is 0.613. The molecule has 0 aromatic heterocycles. The highest BCUT2D eigenvalue weighted by molar-refractivity contribution is 5.73. The summed E-state index contributed by atoms with van der Waals surface area (Å²) in [5, 5.41) is 3.12. The highest BCUT2D eigenvalue weighted by atomic mass is 16.1. The van der Waals surface area contributed by atoms with Gasteiger partial charge in [-0.05, 0) is 19.3 Å². The van der Waals surface area contributed by atoms with Gasteiger partial charge in [0, 0.05) is 32.1 Å². The van der Waals surface area contributed by atoms with Gasteiger partial charge in [-0.1, -0.05) is 0 Å². The van der Waals surface area contributed by atoms with Gasteiger partial charge < -0.3 is 10.2 Å². The Balaban J connectivity index is 2.03. The Bertz CT molecular complexity index is 181. The third kappa shape index (κ3) is 1.33. The van der Waals surface area contributed by atoms with Crippen molar-refractivity contribution in [2.45, 2.75) is 31.7 Å². The van der Waals surface area contributed by atoms with Crippen molar-refractivity contribution >= 4 is 5.91 Å². The molecule has 3 nitrogen and oxygen atoms in total.